The van der Waals surface area contributed by atoms with E-state index in [2.05, 4.69) is 9.71 Å². The van der Waals surface area contributed by atoms with Crippen LogP contribution in [0.4, 0.5) is 5.82 Å². The van der Waals surface area contributed by atoms with E-state index in [0.29, 0.717) is 11.8 Å². The first-order chi connectivity index (χ1) is 8.99. The maximum Gasteiger partial charge on any atom is 0.242 e. The quantitative estimate of drug-likeness (QED) is 0.884. The van der Waals surface area contributed by atoms with Crippen molar-refractivity contribution in [3.8, 4) is 0 Å². The first kappa shape index (κ1) is 14.9. The molecule has 3 N–H and O–H groups in total. The number of anilines is 1. The molecule has 1 fully saturated rings. The number of nitrogens with two attached hydrogens (primary N) is 1. The summed E-state index contributed by atoms with van der Waals surface area (Å²) in [5, 5.41) is 0.496. The lowest BCUT2D eigenvalue weighted by Crippen LogP contribution is -2.32. The fraction of sp³-hybridized carbons (Fsp3) is 0.545. The van der Waals surface area contributed by atoms with Gasteiger partial charge in [-0.15, -0.1) is 0 Å². The van der Waals surface area contributed by atoms with Crippen molar-refractivity contribution < 1.29 is 8.42 Å². The Morgan fingerprint density at radius 1 is 1.53 bits per heavy atom. The zero-order valence-corrected chi connectivity index (χ0v) is 12.7. The summed E-state index contributed by atoms with van der Waals surface area (Å²) in [5.74, 6) is 1.23. The molecular formula is C11H16ClN3O2S2. The van der Waals surface area contributed by atoms with E-state index >= 15 is 0 Å². The second kappa shape index (κ2) is 6.30. The Labute approximate surface area is 122 Å². The van der Waals surface area contributed by atoms with Gasteiger partial charge in [-0.25, -0.2) is 18.1 Å². The highest BCUT2D eigenvalue weighted by Crippen LogP contribution is 2.25. The predicted octanol–water partition coefficient (Wildman–Crippen LogP) is 1.88. The fourth-order valence-electron chi connectivity index (χ4n) is 1.83. The first-order valence-corrected chi connectivity index (χ1v) is 8.92. The number of hydrogen-bond donors (Lipinski definition) is 2. The van der Waals surface area contributed by atoms with Crippen molar-refractivity contribution in [1.82, 2.24) is 9.71 Å². The summed E-state index contributed by atoms with van der Waals surface area (Å²) in [6.45, 7) is 0.439. The molecule has 1 unspecified atom stereocenters. The Balaban J connectivity index is 2.02. The van der Waals surface area contributed by atoms with Crippen LogP contribution < -0.4 is 10.5 Å². The SMILES string of the molecule is Nc1ncc(S(=O)(=O)NCC2CCCCS2)cc1Cl. The molecule has 1 aliphatic rings. The Morgan fingerprint density at radius 2 is 2.32 bits per heavy atom. The number of rotatable bonds is 4. The Morgan fingerprint density at radius 3 is 2.95 bits per heavy atom. The standard InChI is InChI=1S/C11H16ClN3O2S2/c12-10-5-9(7-14-11(10)13)19(16,17)15-6-8-3-1-2-4-18-8/h5,7-8,15H,1-4,6H2,(H2,13,14). The van der Waals surface area contributed by atoms with Crippen LogP contribution in [-0.4, -0.2) is 30.9 Å². The minimum Gasteiger partial charge on any atom is -0.382 e. The molecule has 1 aromatic rings. The molecule has 106 valence electrons. The van der Waals surface area contributed by atoms with E-state index in [1.807, 2.05) is 11.8 Å². The third-order valence-corrected chi connectivity index (χ3v) is 6.02. The maximum atomic E-state index is 12.1. The molecule has 19 heavy (non-hydrogen) atoms. The molecule has 2 rings (SSSR count). The van der Waals surface area contributed by atoms with Crippen LogP contribution in [0.2, 0.25) is 5.02 Å². The molecule has 2 heterocycles. The largest absolute Gasteiger partial charge is 0.382 e. The van der Waals surface area contributed by atoms with Gasteiger partial charge in [-0.1, -0.05) is 18.0 Å². The number of hydrogen-bond acceptors (Lipinski definition) is 5. The monoisotopic (exact) mass is 321 g/mol. The van der Waals surface area contributed by atoms with E-state index in [0.717, 1.165) is 18.6 Å². The number of halogens is 1. The van der Waals surface area contributed by atoms with E-state index in [-0.39, 0.29) is 15.7 Å². The topological polar surface area (TPSA) is 85.1 Å². The van der Waals surface area contributed by atoms with E-state index in [1.54, 1.807) is 0 Å². The highest BCUT2D eigenvalue weighted by Gasteiger charge is 2.20. The van der Waals surface area contributed by atoms with E-state index in [1.165, 1.54) is 18.7 Å². The summed E-state index contributed by atoms with van der Waals surface area (Å²) < 4.78 is 26.8. The number of nitrogens with one attached hydrogen (secondary N) is 1. The molecule has 0 saturated carbocycles. The molecular weight excluding hydrogens is 306 g/mol. The number of nitrogens with zero attached hydrogens (tertiary/aromatic N) is 1. The van der Waals surface area contributed by atoms with E-state index in [9.17, 15) is 8.42 Å². The second-order valence-electron chi connectivity index (χ2n) is 4.38. The molecule has 1 aliphatic heterocycles. The van der Waals surface area contributed by atoms with Gasteiger partial charge in [0.25, 0.3) is 0 Å². The lowest BCUT2D eigenvalue weighted by atomic mass is 10.2. The molecule has 1 atom stereocenters. The normalized spacial score (nSPS) is 20.4. The summed E-state index contributed by atoms with van der Waals surface area (Å²) in [6, 6.07) is 1.32. The smallest absolute Gasteiger partial charge is 0.242 e. The van der Waals surface area contributed by atoms with E-state index in [4.69, 9.17) is 17.3 Å². The summed E-state index contributed by atoms with van der Waals surface area (Å²) >= 11 is 7.60. The molecule has 0 amide bonds. The summed E-state index contributed by atoms with van der Waals surface area (Å²) in [6.07, 6.45) is 4.64. The molecule has 1 aromatic heterocycles. The number of pyridine rings is 1. The number of aromatic nitrogens is 1. The summed E-state index contributed by atoms with van der Waals surface area (Å²) in [7, 11) is -3.56. The van der Waals surface area contributed by atoms with Crippen molar-refractivity contribution in [3.05, 3.63) is 17.3 Å². The highest BCUT2D eigenvalue weighted by molar-refractivity contribution is 8.00. The Hall–Kier alpha value is -0.500. The molecule has 0 spiro atoms. The van der Waals surface area contributed by atoms with Gasteiger partial charge in [0.05, 0.1) is 5.02 Å². The molecule has 0 radical (unpaired) electrons. The maximum absolute atomic E-state index is 12.1. The van der Waals surface area contributed by atoms with Crippen LogP contribution in [0.3, 0.4) is 0 Å². The second-order valence-corrected chi connectivity index (χ2v) is 7.96. The summed E-state index contributed by atoms with van der Waals surface area (Å²) in [5.41, 5.74) is 5.46. The average Bonchev–Trinajstić information content (AvgIpc) is 2.41. The van der Waals surface area contributed by atoms with Gasteiger partial charge in [0.1, 0.15) is 10.7 Å². The summed E-state index contributed by atoms with van der Waals surface area (Å²) in [4.78, 5) is 3.81. The van der Waals surface area contributed by atoms with Crippen LogP contribution >= 0.6 is 23.4 Å². The average molecular weight is 322 g/mol. The first-order valence-electron chi connectivity index (χ1n) is 6.01. The number of nitrogen functional groups attached to an aromatic ring is 1. The van der Waals surface area contributed by atoms with Crippen LogP contribution in [0.1, 0.15) is 19.3 Å². The van der Waals surface area contributed by atoms with Crippen molar-refractivity contribution in [2.24, 2.45) is 0 Å². The lowest BCUT2D eigenvalue weighted by Gasteiger charge is -2.21. The molecule has 8 heteroatoms. The van der Waals surface area contributed by atoms with Crippen LogP contribution in [0.15, 0.2) is 17.2 Å². The third kappa shape index (κ3) is 3.98. The highest BCUT2D eigenvalue weighted by atomic mass is 35.5. The van der Waals surface area contributed by atoms with E-state index < -0.39 is 10.0 Å². The van der Waals surface area contributed by atoms with Crippen molar-refractivity contribution >= 4 is 39.2 Å². The molecule has 1 saturated heterocycles. The Bertz CT molecular complexity index is 545. The van der Waals surface area contributed by atoms with Gasteiger partial charge in [0.15, 0.2) is 0 Å². The van der Waals surface area contributed by atoms with Gasteiger partial charge in [0, 0.05) is 18.0 Å². The number of sulfonamides is 1. The van der Waals surface area contributed by atoms with Gasteiger partial charge < -0.3 is 5.73 Å². The molecule has 0 bridgehead atoms. The zero-order chi connectivity index (χ0) is 13.9. The molecule has 5 nitrogen and oxygen atoms in total. The minimum absolute atomic E-state index is 0.0486. The van der Waals surface area contributed by atoms with Crippen molar-refractivity contribution in [2.75, 3.05) is 18.0 Å². The fourth-order valence-corrected chi connectivity index (χ4v) is 4.46. The minimum atomic E-state index is -3.56. The van der Waals surface area contributed by atoms with Gasteiger partial charge in [-0.05, 0) is 24.7 Å². The zero-order valence-electron chi connectivity index (χ0n) is 10.3. The van der Waals surface area contributed by atoms with Crippen LogP contribution in [0, 0.1) is 0 Å². The lowest BCUT2D eigenvalue weighted by molar-refractivity contribution is 0.573. The van der Waals surface area contributed by atoms with Crippen LogP contribution in [0.25, 0.3) is 0 Å². The predicted molar refractivity (Wildman–Crippen MR) is 78.9 cm³/mol. The van der Waals surface area contributed by atoms with Gasteiger partial charge in [-0.2, -0.15) is 11.8 Å². The molecule has 0 aliphatic carbocycles. The van der Waals surface area contributed by atoms with Crippen molar-refractivity contribution in [3.63, 3.8) is 0 Å². The molecule has 0 aromatic carbocycles. The third-order valence-electron chi connectivity index (χ3n) is 2.93. The van der Waals surface area contributed by atoms with Gasteiger partial charge in [-0.3, -0.25) is 0 Å². The van der Waals surface area contributed by atoms with Crippen LogP contribution in [-0.2, 0) is 10.0 Å². The van der Waals surface area contributed by atoms with Crippen molar-refractivity contribution in [1.29, 1.82) is 0 Å². The van der Waals surface area contributed by atoms with Crippen LogP contribution in [0.5, 0.6) is 0 Å². The van der Waals surface area contributed by atoms with Gasteiger partial charge in [0.2, 0.25) is 10.0 Å². The van der Waals surface area contributed by atoms with Gasteiger partial charge >= 0.3 is 0 Å². The Kier molecular flexibility index (Phi) is 4.94. The number of thioether (sulfide) groups is 1. The van der Waals surface area contributed by atoms with Crippen molar-refractivity contribution in [2.45, 2.75) is 29.4 Å².